The highest BCUT2D eigenvalue weighted by molar-refractivity contribution is 6.31. The molecule has 0 saturated heterocycles. The van der Waals surface area contributed by atoms with Gasteiger partial charge in [-0.3, -0.25) is 0 Å². The molecule has 1 radical (unpaired) electrons. The summed E-state index contributed by atoms with van der Waals surface area (Å²) in [5.41, 5.74) is 0. The Labute approximate surface area is 70.9 Å². The lowest BCUT2D eigenvalue weighted by Gasteiger charge is -2.03. The molecule has 11 heavy (non-hydrogen) atoms. The molecular formula is C7H10ClN2O. The maximum absolute atomic E-state index is 5.72. The van der Waals surface area contributed by atoms with Crippen molar-refractivity contribution in [2.75, 3.05) is 6.61 Å². The van der Waals surface area contributed by atoms with Gasteiger partial charge in [0, 0.05) is 7.05 Å². The lowest BCUT2D eigenvalue weighted by atomic mass is 10.5. The third kappa shape index (κ3) is 1.87. The third-order valence-electron chi connectivity index (χ3n) is 1.22. The third-order valence-corrected chi connectivity index (χ3v) is 1.47. The molecule has 0 amide bonds. The first-order chi connectivity index (χ1) is 5.25. The zero-order chi connectivity index (χ0) is 8.27. The van der Waals surface area contributed by atoms with Crippen molar-refractivity contribution in [1.82, 2.24) is 9.78 Å². The van der Waals surface area contributed by atoms with E-state index < -0.39 is 0 Å². The average Bonchev–Trinajstić information content (AvgIpc) is 2.29. The van der Waals surface area contributed by atoms with Crippen molar-refractivity contribution in [2.45, 2.75) is 13.3 Å². The van der Waals surface area contributed by atoms with Crippen molar-refractivity contribution in [2.24, 2.45) is 7.05 Å². The molecule has 0 aliphatic rings. The SMILES string of the molecule is CCCOc1c(Cl)[c]nn1C. The van der Waals surface area contributed by atoms with Gasteiger partial charge in [-0.2, -0.15) is 5.10 Å². The molecule has 1 aromatic heterocycles. The second-order valence-electron chi connectivity index (χ2n) is 2.20. The maximum Gasteiger partial charge on any atom is 0.231 e. The maximum atomic E-state index is 5.72. The molecule has 0 fully saturated rings. The molecule has 0 aliphatic carbocycles. The van der Waals surface area contributed by atoms with Gasteiger partial charge in [0.2, 0.25) is 5.88 Å². The first kappa shape index (κ1) is 8.40. The van der Waals surface area contributed by atoms with E-state index in [4.69, 9.17) is 16.3 Å². The van der Waals surface area contributed by atoms with Crippen LogP contribution in [0.4, 0.5) is 0 Å². The monoisotopic (exact) mass is 173 g/mol. The van der Waals surface area contributed by atoms with Gasteiger partial charge in [-0.05, 0) is 6.42 Å². The number of ether oxygens (including phenoxy) is 1. The summed E-state index contributed by atoms with van der Waals surface area (Å²) in [6, 6.07) is 0. The Balaban J connectivity index is 2.67. The topological polar surface area (TPSA) is 27.1 Å². The highest BCUT2D eigenvalue weighted by Crippen LogP contribution is 2.21. The first-order valence-corrected chi connectivity index (χ1v) is 3.86. The van der Waals surface area contributed by atoms with Crippen molar-refractivity contribution in [3.8, 4) is 5.88 Å². The quantitative estimate of drug-likeness (QED) is 0.695. The van der Waals surface area contributed by atoms with Crippen LogP contribution in [0.15, 0.2) is 0 Å². The van der Waals surface area contributed by atoms with Crippen LogP contribution in [0.2, 0.25) is 5.02 Å². The predicted molar refractivity (Wildman–Crippen MR) is 42.8 cm³/mol. The first-order valence-electron chi connectivity index (χ1n) is 3.48. The van der Waals surface area contributed by atoms with Crippen LogP contribution in [0.3, 0.4) is 0 Å². The fourth-order valence-electron chi connectivity index (χ4n) is 0.710. The number of aromatic nitrogens is 2. The van der Waals surface area contributed by atoms with Gasteiger partial charge < -0.3 is 4.74 Å². The summed E-state index contributed by atoms with van der Waals surface area (Å²) in [4.78, 5) is 0. The highest BCUT2D eigenvalue weighted by atomic mass is 35.5. The Morgan fingerprint density at radius 2 is 2.45 bits per heavy atom. The molecule has 0 spiro atoms. The molecular weight excluding hydrogens is 164 g/mol. The molecule has 1 aromatic rings. The summed E-state index contributed by atoms with van der Waals surface area (Å²) < 4.78 is 6.86. The van der Waals surface area contributed by atoms with Gasteiger partial charge in [0.05, 0.1) is 6.61 Å². The Bertz CT molecular complexity index is 215. The van der Waals surface area contributed by atoms with Crippen LogP contribution in [-0.4, -0.2) is 16.4 Å². The van der Waals surface area contributed by atoms with Crippen molar-refractivity contribution in [3.63, 3.8) is 0 Å². The molecule has 1 heterocycles. The van der Waals surface area contributed by atoms with Crippen molar-refractivity contribution >= 4 is 11.6 Å². The number of hydrogen-bond donors (Lipinski definition) is 0. The molecule has 3 nitrogen and oxygen atoms in total. The lowest BCUT2D eigenvalue weighted by molar-refractivity contribution is 0.290. The normalized spacial score (nSPS) is 10.1. The lowest BCUT2D eigenvalue weighted by Crippen LogP contribution is -2.01. The molecule has 0 saturated carbocycles. The van der Waals surface area contributed by atoms with Gasteiger partial charge in [0.1, 0.15) is 11.2 Å². The fraction of sp³-hybridized carbons (Fsp3) is 0.571. The molecule has 0 N–H and O–H groups in total. The van der Waals surface area contributed by atoms with Crippen molar-refractivity contribution < 1.29 is 4.74 Å². The van der Waals surface area contributed by atoms with E-state index in [1.807, 2.05) is 6.92 Å². The Morgan fingerprint density at radius 3 is 2.91 bits per heavy atom. The average molecular weight is 174 g/mol. The Morgan fingerprint density at radius 1 is 1.73 bits per heavy atom. The van der Waals surface area contributed by atoms with Gasteiger partial charge in [-0.25, -0.2) is 4.68 Å². The minimum Gasteiger partial charge on any atom is -0.477 e. The van der Waals surface area contributed by atoms with E-state index in [2.05, 4.69) is 11.3 Å². The summed E-state index contributed by atoms with van der Waals surface area (Å²) >= 11 is 5.72. The highest BCUT2D eigenvalue weighted by Gasteiger charge is 2.06. The van der Waals surface area contributed by atoms with Crippen molar-refractivity contribution in [1.29, 1.82) is 0 Å². The van der Waals surface area contributed by atoms with Crippen LogP contribution in [0.5, 0.6) is 5.88 Å². The van der Waals surface area contributed by atoms with Crippen LogP contribution in [0.1, 0.15) is 13.3 Å². The largest absolute Gasteiger partial charge is 0.477 e. The number of halogens is 1. The Hall–Kier alpha value is -0.700. The van der Waals surface area contributed by atoms with Gasteiger partial charge in [-0.1, -0.05) is 18.5 Å². The van der Waals surface area contributed by atoms with E-state index in [9.17, 15) is 0 Å². The fourth-order valence-corrected chi connectivity index (χ4v) is 0.924. The molecule has 0 bridgehead atoms. The van der Waals surface area contributed by atoms with E-state index in [-0.39, 0.29) is 0 Å². The van der Waals surface area contributed by atoms with Gasteiger partial charge in [0.25, 0.3) is 0 Å². The molecule has 0 aliphatic heterocycles. The Kier molecular flexibility index (Phi) is 2.76. The minimum absolute atomic E-state index is 0.445. The number of aryl methyl sites for hydroxylation is 1. The predicted octanol–water partition coefficient (Wildman–Crippen LogP) is 1.66. The van der Waals surface area contributed by atoms with Crippen LogP contribution in [-0.2, 0) is 7.05 Å². The van der Waals surface area contributed by atoms with E-state index in [1.54, 1.807) is 11.7 Å². The molecule has 61 valence electrons. The standard InChI is InChI=1S/C7H10ClN2O/c1-3-4-11-7-6(8)5-9-10(7)2/h3-4H2,1-2H3. The molecule has 0 aromatic carbocycles. The summed E-state index contributed by atoms with van der Waals surface area (Å²) in [5, 5.41) is 4.25. The zero-order valence-electron chi connectivity index (χ0n) is 6.59. The van der Waals surface area contributed by atoms with Crippen LogP contribution < -0.4 is 4.74 Å². The van der Waals surface area contributed by atoms with Gasteiger partial charge in [-0.15, -0.1) is 0 Å². The van der Waals surface area contributed by atoms with Gasteiger partial charge in [0.15, 0.2) is 0 Å². The smallest absolute Gasteiger partial charge is 0.231 e. The summed E-state index contributed by atoms with van der Waals surface area (Å²) in [7, 11) is 1.77. The zero-order valence-corrected chi connectivity index (χ0v) is 7.35. The van der Waals surface area contributed by atoms with Crippen LogP contribution in [0, 0.1) is 6.20 Å². The number of hydrogen-bond acceptors (Lipinski definition) is 2. The van der Waals surface area contributed by atoms with Crippen LogP contribution in [0.25, 0.3) is 0 Å². The minimum atomic E-state index is 0.445. The summed E-state index contributed by atoms with van der Waals surface area (Å²) in [6.07, 6.45) is 3.56. The van der Waals surface area contributed by atoms with Gasteiger partial charge >= 0.3 is 0 Å². The van der Waals surface area contributed by atoms with E-state index in [0.717, 1.165) is 6.42 Å². The van der Waals surface area contributed by atoms with E-state index in [1.165, 1.54) is 0 Å². The van der Waals surface area contributed by atoms with E-state index in [0.29, 0.717) is 17.5 Å². The molecule has 1 rings (SSSR count). The summed E-state index contributed by atoms with van der Waals surface area (Å²) in [5.74, 6) is 0.591. The summed E-state index contributed by atoms with van der Waals surface area (Å²) in [6.45, 7) is 2.70. The number of rotatable bonds is 3. The second kappa shape index (κ2) is 3.62. The molecule has 4 heteroatoms. The van der Waals surface area contributed by atoms with Crippen molar-refractivity contribution in [3.05, 3.63) is 11.2 Å². The molecule has 0 unspecified atom stereocenters. The molecule has 0 atom stereocenters. The van der Waals surface area contributed by atoms with E-state index >= 15 is 0 Å². The second-order valence-corrected chi connectivity index (χ2v) is 2.58. The number of nitrogens with zero attached hydrogens (tertiary/aromatic N) is 2. The van der Waals surface area contributed by atoms with Crippen LogP contribution >= 0.6 is 11.6 Å².